The maximum atomic E-state index is 13.0. The first-order chi connectivity index (χ1) is 11.8. The summed E-state index contributed by atoms with van der Waals surface area (Å²) in [5, 5.41) is 1.97. The summed E-state index contributed by atoms with van der Waals surface area (Å²) in [4.78, 5) is 23.3. The van der Waals surface area contributed by atoms with Crippen LogP contribution in [0.15, 0.2) is 24.3 Å². The number of nitrogens with one attached hydrogen (secondary N) is 1. The summed E-state index contributed by atoms with van der Waals surface area (Å²) in [6.07, 6.45) is -6.01. The van der Waals surface area contributed by atoms with Gasteiger partial charge in [-0.3, -0.25) is 9.59 Å². The highest BCUT2D eigenvalue weighted by atomic mass is 35.6. The van der Waals surface area contributed by atoms with E-state index in [2.05, 4.69) is 4.74 Å². The maximum Gasteiger partial charge on any atom is 0.330 e. The molecule has 0 aliphatic rings. The van der Waals surface area contributed by atoms with Gasteiger partial charge in [-0.1, -0.05) is 46.9 Å². The topological polar surface area (TPSA) is 64.6 Å². The van der Waals surface area contributed by atoms with Crippen LogP contribution in [0.4, 0.5) is 17.6 Å². The number of hydrogen-bond donors (Lipinski definition) is 1. The van der Waals surface area contributed by atoms with Crippen molar-refractivity contribution in [1.29, 1.82) is 0 Å². The van der Waals surface area contributed by atoms with E-state index < -0.39 is 40.9 Å². The van der Waals surface area contributed by atoms with Crippen molar-refractivity contribution in [3.05, 3.63) is 29.8 Å². The first kappa shape index (κ1) is 22.8. The molecule has 1 aromatic carbocycles. The van der Waals surface area contributed by atoms with Crippen molar-refractivity contribution in [2.24, 2.45) is 0 Å². The number of esters is 1. The van der Waals surface area contributed by atoms with E-state index in [0.717, 1.165) is 6.92 Å². The molecular formula is C14H12Cl3F4NO4. The van der Waals surface area contributed by atoms with Crippen molar-refractivity contribution in [1.82, 2.24) is 5.32 Å². The number of amides is 1. The number of benzene rings is 1. The summed E-state index contributed by atoms with van der Waals surface area (Å²) in [7, 11) is 0. The van der Waals surface area contributed by atoms with Gasteiger partial charge in [0.15, 0.2) is 6.23 Å². The van der Waals surface area contributed by atoms with Gasteiger partial charge in [0, 0.05) is 6.92 Å². The molecule has 1 amide bonds. The minimum atomic E-state index is -4.52. The summed E-state index contributed by atoms with van der Waals surface area (Å²) in [6.45, 7) is -0.719. The SMILES string of the molecule is CC(=O)Oc1ccccc1C(=O)NC(OCC(F)(F)C(F)F)C(Cl)(Cl)Cl. The van der Waals surface area contributed by atoms with Crippen molar-refractivity contribution < 1.29 is 36.6 Å². The summed E-state index contributed by atoms with van der Waals surface area (Å²) in [5.41, 5.74) is -0.203. The molecule has 0 aliphatic carbocycles. The Balaban J connectivity index is 2.96. The van der Waals surface area contributed by atoms with Crippen LogP contribution in [0.25, 0.3) is 0 Å². The average molecular weight is 441 g/mol. The second kappa shape index (κ2) is 9.07. The standard InChI is InChI=1S/C14H12Cl3F4NO4/c1-7(23)26-9-5-3-2-4-8(9)10(24)22-12(14(15,16)17)25-6-13(20,21)11(18)19/h2-5,11-12H,6H2,1H3,(H,22,24). The molecule has 0 aromatic heterocycles. The van der Waals surface area contributed by atoms with E-state index in [9.17, 15) is 27.2 Å². The molecule has 0 bridgehead atoms. The highest BCUT2D eigenvalue weighted by molar-refractivity contribution is 6.68. The molecular weight excluding hydrogens is 429 g/mol. The lowest BCUT2D eigenvalue weighted by Crippen LogP contribution is -2.48. The van der Waals surface area contributed by atoms with Gasteiger partial charge in [0.2, 0.25) is 3.79 Å². The zero-order valence-electron chi connectivity index (χ0n) is 12.9. The van der Waals surface area contributed by atoms with Crippen LogP contribution in [0.1, 0.15) is 17.3 Å². The molecule has 1 unspecified atom stereocenters. The first-order valence-electron chi connectivity index (χ1n) is 6.77. The van der Waals surface area contributed by atoms with Crippen molar-refractivity contribution in [3.63, 3.8) is 0 Å². The van der Waals surface area contributed by atoms with Gasteiger partial charge in [-0.2, -0.15) is 8.78 Å². The molecule has 0 fully saturated rings. The van der Waals surface area contributed by atoms with Gasteiger partial charge in [0.25, 0.3) is 5.91 Å². The highest BCUT2D eigenvalue weighted by Crippen LogP contribution is 2.33. The van der Waals surface area contributed by atoms with E-state index in [4.69, 9.17) is 39.5 Å². The molecule has 1 N–H and O–H groups in total. The fourth-order valence-corrected chi connectivity index (χ4v) is 1.92. The predicted octanol–water partition coefficient (Wildman–Crippen LogP) is 3.96. The summed E-state index contributed by atoms with van der Waals surface area (Å²) >= 11 is 16.6. The van der Waals surface area contributed by atoms with E-state index in [0.29, 0.717) is 0 Å². The fourth-order valence-electron chi connectivity index (χ4n) is 1.57. The van der Waals surface area contributed by atoms with Crippen LogP contribution in [-0.4, -0.2) is 40.9 Å². The van der Waals surface area contributed by atoms with Crippen LogP contribution in [0.3, 0.4) is 0 Å². The normalized spacial score (nSPS) is 13.4. The Labute approximate surface area is 160 Å². The molecule has 1 aromatic rings. The van der Waals surface area contributed by atoms with E-state index in [1.54, 1.807) is 0 Å². The van der Waals surface area contributed by atoms with E-state index in [1.807, 2.05) is 5.32 Å². The minimum absolute atomic E-state index is 0.154. The van der Waals surface area contributed by atoms with Crippen molar-refractivity contribution >= 4 is 46.7 Å². The third-order valence-electron chi connectivity index (χ3n) is 2.71. The summed E-state index contributed by atoms with van der Waals surface area (Å²) in [6, 6.07) is 5.39. The lowest BCUT2D eigenvalue weighted by atomic mass is 10.2. The molecule has 0 saturated carbocycles. The Morgan fingerprint density at radius 1 is 1.19 bits per heavy atom. The van der Waals surface area contributed by atoms with Gasteiger partial charge in [-0.05, 0) is 12.1 Å². The number of carbonyl (C=O) groups is 2. The first-order valence-corrected chi connectivity index (χ1v) is 7.90. The van der Waals surface area contributed by atoms with Gasteiger partial charge in [-0.15, -0.1) is 0 Å². The lowest BCUT2D eigenvalue weighted by Gasteiger charge is -2.27. The molecule has 1 rings (SSSR count). The van der Waals surface area contributed by atoms with E-state index in [-0.39, 0.29) is 11.3 Å². The van der Waals surface area contributed by atoms with Gasteiger partial charge < -0.3 is 14.8 Å². The van der Waals surface area contributed by atoms with Crippen LogP contribution in [-0.2, 0) is 9.53 Å². The molecule has 1 atom stereocenters. The van der Waals surface area contributed by atoms with Gasteiger partial charge in [0.05, 0.1) is 5.56 Å². The van der Waals surface area contributed by atoms with E-state index >= 15 is 0 Å². The molecule has 5 nitrogen and oxygen atoms in total. The summed E-state index contributed by atoms with van der Waals surface area (Å²) < 4.78 is 57.2. The Bertz CT molecular complexity index is 655. The molecule has 12 heteroatoms. The Morgan fingerprint density at radius 2 is 1.77 bits per heavy atom. The zero-order chi connectivity index (χ0) is 20.1. The number of rotatable bonds is 7. The van der Waals surface area contributed by atoms with Crippen LogP contribution >= 0.6 is 34.8 Å². The van der Waals surface area contributed by atoms with Gasteiger partial charge >= 0.3 is 18.3 Å². The average Bonchev–Trinajstić information content (AvgIpc) is 2.49. The van der Waals surface area contributed by atoms with Crippen molar-refractivity contribution in [2.75, 3.05) is 6.61 Å². The maximum absolute atomic E-state index is 13.0. The van der Waals surface area contributed by atoms with Crippen LogP contribution in [0.2, 0.25) is 0 Å². The third kappa shape index (κ3) is 6.79. The third-order valence-corrected chi connectivity index (χ3v) is 3.30. The number of halogens is 7. The smallest absolute Gasteiger partial charge is 0.330 e. The Hall–Kier alpha value is -1.29. The number of para-hydroxylation sites is 1. The molecule has 0 saturated heterocycles. The Morgan fingerprint density at radius 3 is 2.27 bits per heavy atom. The van der Waals surface area contributed by atoms with Crippen LogP contribution < -0.4 is 10.1 Å². The highest BCUT2D eigenvalue weighted by Gasteiger charge is 2.44. The predicted molar refractivity (Wildman–Crippen MR) is 86.2 cm³/mol. The van der Waals surface area contributed by atoms with Gasteiger partial charge in [-0.25, -0.2) is 8.78 Å². The molecule has 26 heavy (non-hydrogen) atoms. The quantitative estimate of drug-likeness (QED) is 0.229. The van der Waals surface area contributed by atoms with Crippen LogP contribution in [0, 0.1) is 0 Å². The molecule has 0 spiro atoms. The second-order valence-electron chi connectivity index (χ2n) is 4.86. The molecule has 0 aliphatic heterocycles. The number of hydrogen-bond acceptors (Lipinski definition) is 4. The second-order valence-corrected chi connectivity index (χ2v) is 7.23. The molecule has 0 radical (unpaired) electrons. The summed E-state index contributed by atoms with van der Waals surface area (Å²) in [5.74, 6) is -6.41. The lowest BCUT2D eigenvalue weighted by molar-refractivity contribution is -0.177. The zero-order valence-corrected chi connectivity index (χ0v) is 15.2. The number of alkyl halides is 7. The number of carbonyl (C=O) groups excluding carboxylic acids is 2. The largest absolute Gasteiger partial charge is 0.426 e. The van der Waals surface area contributed by atoms with Crippen molar-refractivity contribution in [3.8, 4) is 5.75 Å². The number of ether oxygens (including phenoxy) is 2. The molecule has 146 valence electrons. The monoisotopic (exact) mass is 439 g/mol. The van der Waals surface area contributed by atoms with Crippen LogP contribution in [0.5, 0.6) is 5.75 Å². The minimum Gasteiger partial charge on any atom is -0.426 e. The van der Waals surface area contributed by atoms with Crippen molar-refractivity contribution in [2.45, 2.75) is 29.3 Å². The fraction of sp³-hybridized carbons (Fsp3) is 0.429. The van der Waals surface area contributed by atoms with Gasteiger partial charge in [0.1, 0.15) is 12.4 Å². The Kier molecular flexibility index (Phi) is 7.94. The molecule has 0 heterocycles. The van der Waals surface area contributed by atoms with E-state index in [1.165, 1.54) is 24.3 Å².